The fraction of sp³-hybridized carbons (Fsp3) is 0.541. The lowest BCUT2D eigenvalue weighted by Crippen LogP contribution is -2.58. The number of halogens is 1. The quantitative estimate of drug-likeness (QED) is 0.207. The van der Waals surface area contributed by atoms with E-state index in [1.807, 2.05) is 58.0 Å². The highest BCUT2D eigenvalue weighted by Crippen LogP contribution is 2.30. The van der Waals surface area contributed by atoms with Gasteiger partial charge in [0.1, 0.15) is 23.5 Å². The Morgan fingerprint density at radius 2 is 1.37 bits per heavy atom. The van der Waals surface area contributed by atoms with Gasteiger partial charge in [-0.15, -0.1) is 0 Å². The predicted molar refractivity (Wildman–Crippen MR) is 184 cm³/mol. The molecule has 2 saturated heterocycles. The smallest absolute Gasteiger partial charge is 0.318 e. The second-order valence-corrected chi connectivity index (χ2v) is 14.2. The molecule has 2 aliphatic heterocycles. The number of ketones is 1. The average molecular weight is 680 g/mol. The fourth-order valence-electron chi connectivity index (χ4n) is 5.99. The standard InChI is InChI=1S/C37H50FN5O6/c1-23(2)19-29(32(44)37(5)22-49-37)40-35(47)31(21-25-9-7-6-8-10-25)41-34(46)30(20-24(3)4)42-36(48)43-17-15-26(16-18-43)33(45)39-28-13-11-27(38)12-14-28/h6-14,23-24,26,29-31H,15-22H2,1-5H3,(H,39,45)(H,40,47)(H,41,46)(H,42,48)/t29-,30-,31-,37+/m0/s1. The van der Waals surface area contributed by atoms with Crippen LogP contribution in [0.4, 0.5) is 14.9 Å². The maximum absolute atomic E-state index is 13.8. The van der Waals surface area contributed by atoms with Gasteiger partial charge in [-0.2, -0.15) is 0 Å². The second kappa shape index (κ2) is 16.9. The number of nitrogens with zero attached hydrogens (tertiary/aromatic N) is 1. The Balaban J connectivity index is 1.40. The van der Waals surface area contributed by atoms with Crippen molar-refractivity contribution in [3.63, 3.8) is 0 Å². The van der Waals surface area contributed by atoms with E-state index >= 15 is 0 Å². The van der Waals surface area contributed by atoms with Crippen molar-refractivity contribution in [1.82, 2.24) is 20.9 Å². The highest BCUT2D eigenvalue weighted by Gasteiger charge is 2.50. The van der Waals surface area contributed by atoms with Crippen LogP contribution in [0, 0.1) is 23.6 Å². The summed E-state index contributed by atoms with van der Waals surface area (Å²) >= 11 is 0. The molecular weight excluding hydrogens is 629 g/mol. The Morgan fingerprint density at radius 3 is 1.94 bits per heavy atom. The molecule has 4 N–H and O–H groups in total. The number of benzene rings is 2. The Kier molecular flexibility index (Phi) is 12.9. The number of hydrogen-bond donors (Lipinski definition) is 4. The molecule has 2 aromatic rings. The van der Waals surface area contributed by atoms with Crippen LogP contribution < -0.4 is 21.3 Å². The molecule has 0 radical (unpaired) electrons. The molecule has 0 bridgehead atoms. The molecule has 0 aromatic heterocycles. The molecule has 12 heteroatoms. The molecule has 0 unspecified atom stereocenters. The van der Waals surface area contributed by atoms with Crippen LogP contribution in [0.15, 0.2) is 54.6 Å². The van der Waals surface area contributed by atoms with Gasteiger partial charge in [-0.05, 0) is 74.3 Å². The number of nitrogens with one attached hydrogen (secondary N) is 4. The molecule has 2 heterocycles. The van der Waals surface area contributed by atoms with Crippen molar-refractivity contribution in [2.45, 2.75) is 90.4 Å². The minimum Gasteiger partial charge on any atom is -0.361 e. The Bertz CT molecular complexity index is 1460. The van der Waals surface area contributed by atoms with Gasteiger partial charge in [0.05, 0.1) is 12.6 Å². The minimum atomic E-state index is -1.01. The first-order chi connectivity index (χ1) is 23.2. The van der Waals surface area contributed by atoms with Crippen LogP contribution in [0.25, 0.3) is 0 Å². The van der Waals surface area contributed by atoms with Crippen molar-refractivity contribution in [3.8, 4) is 0 Å². The minimum absolute atomic E-state index is 0.0469. The molecule has 0 saturated carbocycles. The maximum Gasteiger partial charge on any atom is 0.318 e. The van der Waals surface area contributed by atoms with E-state index in [0.717, 1.165) is 5.56 Å². The van der Waals surface area contributed by atoms with E-state index in [9.17, 15) is 28.4 Å². The Hall–Kier alpha value is -4.32. The summed E-state index contributed by atoms with van der Waals surface area (Å²) in [6, 6.07) is 11.7. The monoisotopic (exact) mass is 679 g/mol. The number of urea groups is 1. The van der Waals surface area contributed by atoms with E-state index in [1.54, 1.807) is 11.8 Å². The van der Waals surface area contributed by atoms with Crippen molar-refractivity contribution in [3.05, 3.63) is 66.0 Å². The number of ether oxygens (including phenoxy) is 1. The number of hydrogen-bond acceptors (Lipinski definition) is 6. The SMILES string of the molecule is CC(C)C[C@H](NC(=O)N1CCC(C(=O)Nc2ccc(F)cc2)CC1)C(=O)N[C@@H](Cc1ccccc1)C(=O)N[C@@H](CC(C)C)C(=O)[C@@]1(C)CO1. The zero-order valence-electron chi connectivity index (χ0n) is 29.1. The summed E-state index contributed by atoms with van der Waals surface area (Å²) in [5.41, 5.74) is 0.406. The lowest BCUT2D eigenvalue weighted by Gasteiger charge is -2.33. The van der Waals surface area contributed by atoms with E-state index in [0.29, 0.717) is 51.1 Å². The number of anilines is 1. The van der Waals surface area contributed by atoms with Crippen LogP contribution in [0.5, 0.6) is 0 Å². The molecule has 0 spiro atoms. The lowest BCUT2D eigenvalue weighted by atomic mass is 9.93. The van der Waals surface area contributed by atoms with Gasteiger partial charge >= 0.3 is 6.03 Å². The number of epoxide rings is 1. The topological polar surface area (TPSA) is 149 Å². The van der Waals surface area contributed by atoms with Gasteiger partial charge < -0.3 is 30.9 Å². The number of piperidine rings is 1. The number of likely N-dealkylation sites (tertiary alicyclic amines) is 1. The van der Waals surface area contributed by atoms with Crippen molar-refractivity contribution in [1.29, 1.82) is 0 Å². The van der Waals surface area contributed by atoms with Crippen LogP contribution in [0.2, 0.25) is 0 Å². The van der Waals surface area contributed by atoms with Crippen LogP contribution >= 0.6 is 0 Å². The second-order valence-electron chi connectivity index (χ2n) is 14.2. The number of carbonyl (C=O) groups excluding carboxylic acids is 5. The summed E-state index contributed by atoms with van der Waals surface area (Å²) < 4.78 is 18.6. The van der Waals surface area contributed by atoms with Crippen LogP contribution in [-0.2, 0) is 30.3 Å². The van der Waals surface area contributed by atoms with Crippen LogP contribution in [0.1, 0.15) is 65.9 Å². The molecule has 2 fully saturated rings. The van der Waals surface area contributed by atoms with Gasteiger partial charge in [-0.25, -0.2) is 9.18 Å². The molecule has 5 amide bonds. The normalized spacial score (nSPS) is 19.5. The van der Waals surface area contributed by atoms with Gasteiger partial charge in [0.2, 0.25) is 17.7 Å². The molecule has 2 aliphatic rings. The predicted octanol–water partition coefficient (Wildman–Crippen LogP) is 4.22. The first-order valence-corrected chi connectivity index (χ1v) is 17.2. The summed E-state index contributed by atoms with van der Waals surface area (Å²) in [5.74, 6) is -1.92. The summed E-state index contributed by atoms with van der Waals surface area (Å²) in [6.07, 6.45) is 1.80. The zero-order valence-corrected chi connectivity index (χ0v) is 29.1. The van der Waals surface area contributed by atoms with E-state index in [-0.39, 0.29) is 35.9 Å². The van der Waals surface area contributed by atoms with E-state index in [1.165, 1.54) is 24.3 Å². The first-order valence-electron chi connectivity index (χ1n) is 17.2. The van der Waals surface area contributed by atoms with Gasteiger partial charge in [0, 0.05) is 31.1 Å². The molecule has 49 heavy (non-hydrogen) atoms. The molecule has 266 valence electrons. The number of Topliss-reactive ketones (excluding diaryl/α,β-unsaturated/α-hetero) is 1. The third-order valence-corrected chi connectivity index (χ3v) is 8.94. The molecular formula is C37H50FN5O6. The van der Waals surface area contributed by atoms with Gasteiger partial charge in [0.15, 0.2) is 5.78 Å². The number of carbonyl (C=O) groups is 5. The number of rotatable bonds is 15. The Labute approximate surface area is 288 Å². The highest BCUT2D eigenvalue weighted by atomic mass is 19.1. The average Bonchev–Trinajstić information content (AvgIpc) is 3.82. The van der Waals surface area contributed by atoms with Crippen LogP contribution in [-0.4, -0.2) is 77.9 Å². The Morgan fingerprint density at radius 1 is 0.816 bits per heavy atom. The fourth-order valence-corrected chi connectivity index (χ4v) is 5.99. The molecule has 0 aliphatic carbocycles. The third kappa shape index (κ3) is 11.1. The first kappa shape index (κ1) is 37.5. The van der Waals surface area contributed by atoms with Gasteiger partial charge in [-0.1, -0.05) is 58.0 Å². The van der Waals surface area contributed by atoms with E-state index < -0.39 is 47.4 Å². The van der Waals surface area contributed by atoms with Gasteiger partial charge in [-0.3, -0.25) is 19.2 Å². The van der Waals surface area contributed by atoms with Crippen molar-refractivity contribution in [2.75, 3.05) is 25.0 Å². The molecule has 11 nitrogen and oxygen atoms in total. The van der Waals surface area contributed by atoms with E-state index in [2.05, 4.69) is 21.3 Å². The largest absolute Gasteiger partial charge is 0.361 e. The van der Waals surface area contributed by atoms with E-state index in [4.69, 9.17) is 4.74 Å². The van der Waals surface area contributed by atoms with Crippen molar-refractivity contribution < 1.29 is 33.1 Å². The third-order valence-electron chi connectivity index (χ3n) is 8.94. The maximum atomic E-state index is 13.8. The summed E-state index contributed by atoms with van der Waals surface area (Å²) in [5, 5.41) is 11.4. The van der Waals surface area contributed by atoms with Crippen molar-refractivity contribution in [2.24, 2.45) is 17.8 Å². The summed E-state index contributed by atoms with van der Waals surface area (Å²) in [6.45, 7) is 10.5. The zero-order chi connectivity index (χ0) is 35.7. The van der Waals surface area contributed by atoms with Gasteiger partial charge in [0.25, 0.3) is 0 Å². The number of amides is 5. The summed E-state index contributed by atoms with van der Waals surface area (Å²) in [4.78, 5) is 68.6. The molecule has 4 atom stereocenters. The highest BCUT2D eigenvalue weighted by molar-refractivity contribution is 5.98. The lowest BCUT2D eigenvalue weighted by molar-refractivity contribution is -0.133. The molecule has 2 aromatic carbocycles. The molecule has 4 rings (SSSR count). The van der Waals surface area contributed by atoms with Crippen molar-refractivity contribution >= 4 is 35.2 Å². The summed E-state index contributed by atoms with van der Waals surface area (Å²) in [7, 11) is 0. The van der Waals surface area contributed by atoms with Crippen LogP contribution in [0.3, 0.4) is 0 Å².